The van der Waals surface area contributed by atoms with E-state index in [1.807, 2.05) is 0 Å². The SMILES string of the molecule is Cc1c(OCc2ccccc2[N+](=O)[O-])ccc(O)c1F. The second-order valence-electron chi connectivity index (χ2n) is 4.20. The number of hydrogen-bond acceptors (Lipinski definition) is 4. The lowest BCUT2D eigenvalue weighted by Crippen LogP contribution is -2.02. The quantitative estimate of drug-likeness (QED) is 0.687. The summed E-state index contributed by atoms with van der Waals surface area (Å²) in [6, 6.07) is 8.77. The van der Waals surface area contributed by atoms with E-state index in [1.165, 1.54) is 25.1 Å². The van der Waals surface area contributed by atoms with Gasteiger partial charge in [0.2, 0.25) is 0 Å². The number of rotatable bonds is 4. The lowest BCUT2D eigenvalue weighted by Gasteiger charge is -2.10. The van der Waals surface area contributed by atoms with Crippen LogP contribution in [0.2, 0.25) is 0 Å². The van der Waals surface area contributed by atoms with Crippen molar-refractivity contribution in [2.45, 2.75) is 13.5 Å². The van der Waals surface area contributed by atoms with Gasteiger partial charge in [0.05, 0.1) is 10.5 Å². The molecule has 2 rings (SSSR count). The first-order chi connectivity index (χ1) is 9.50. The van der Waals surface area contributed by atoms with Gasteiger partial charge in [0.1, 0.15) is 12.4 Å². The second-order valence-corrected chi connectivity index (χ2v) is 4.20. The lowest BCUT2D eigenvalue weighted by molar-refractivity contribution is -0.385. The minimum atomic E-state index is -0.759. The molecule has 2 aromatic rings. The van der Waals surface area contributed by atoms with E-state index < -0.39 is 16.5 Å². The second kappa shape index (κ2) is 5.56. The topological polar surface area (TPSA) is 72.6 Å². The molecule has 104 valence electrons. The van der Waals surface area contributed by atoms with Crippen LogP contribution >= 0.6 is 0 Å². The maximum atomic E-state index is 13.5. The van der Waals surface area contributed by atoms with Crippen molar-refractivity contribution in [3.8, 4) is 11.5 Å². The molecule has 0 heterocycles. The molecule has 0 bridgehead atoms. The molecule has 5 nitrogen and oxygen atoms in total. The van der Waals surface area contributed by atoms with Crippen LogP contribution in [0.15, 0.2) is 36.4 Å². The normalized spacial score (nSPS) is 10.3. The molecular formula is C14H12FNO4. The number of halogens is 1. The maximum Gasteiger partial charge on any atom is 0.276 e. The van der Waals surface area contributed by atoms with Gasteiger partial charge in [-0.2, -0.15) is 0 Å². The Morgan fingerprint density at radius 1 is 1.30 bits per heavy atom. The van der Waals surface area contributed by atoms with E-state index >= 15 is 0 Å². The summed E-state index contributed by atoms with van der Waals surface area (Å²) in [5.74, 6) is -0.982. The Hall–Kier alpha value is -2.63. The largest absolute Gasteiger partial charge is 0.505 e. The fourth-order valence-electron chi connectivity index (χ4n) is 1.78. The zero-order valence-corrected chi connectivity index (χ0v) is 10.7. The van der Waals surface area contributed by atoms with Crippen LogP contribution in [0.5, 0.6) is 11.5 Å². The van der Waals surface area contributed by atoms with Crippen molar-refractivity contribution in [2.24, 2.45) is 0 Å². The van der Waals surface area contributed by atoms with E-state index in [-0.39, 0.29) is 23.6 Å². The highest BCUT2D eigenvalue weighted by Gasteiger charge is 2.14. The van der Waals surface area contributed by atoms with Gasteiger partial charge in [-0.25, -0.2) is 4.39 Å². The molecular weight excluding hydrogens is 265 g/mol. The molecule has 0 aliphatic heterocycles. The number of ether oxygens (including phenoxy) is 1. The van der Waals surface area contributed by atoms with Crippen molar-refractivity contribution >= 4 is 5.69 Å². The molecule has 0 atom stereocenters. The number of para-hydroxylation sites is 1. The van der Waals surface area contributed by atoms with E-state index in [9.17, 15) is 19.6 Å². The van der Waals surface area contributed by atoms with E-state index in [1.54, 1.807) is 18.2 Å². The molecule has 2 aromatic carbocycles. The van der Waals surface area contributed by atoms with Crippen LogP contribution in [0.4, 0.5) is 10.1 Å². The number of hydrogen-bond donors (Lipinski definition) is 1. The fourth-order valence-corrected chi connectivity index (χ4v) is 1.78. The number of benzene rings is 2. The van der Waals surface area contributed by atoms with Gasteiger partial charge in [-0.15, -0.1) is 0 Å². The molecule has 0 radical (unpaired) electrons. The number of aromatic hydroxyl groups is 1. The molecule has 20 heavy (non-hydrogen) atoms. The van der Waals surface area contributed by atoms with Crippen molar-refractivity contribution in [1.29, 1.82) is 0 Å². The molecule has 0 saturated carbocycles. The van der Waals surface area contributed by atoms with Gasteiger partial charge in [0.15, 0.2) is 11.6 Å². The number of phenolic OH excluding ortho intramolecular Hbond substituents is 1. The zero-order valence-electron chi connectivity index (χ0n) is 10.7. The van der Waals surface area contributed by atoms with Crippen LogP contribution in [-0.2, 0) is 6.61 Å². The summed E-state index contributed by atoms with van der Waals surface area (Å²) in [5.41, 5.74) is 0.498. The van der Waals surface area contributed by atoms with Crippen molar-refractivity contribution in [3.05, 3.63) is 63.5 Å². The fraction of sp³-hybridized carbons (Fsp3) is 0.143. The number of nitro benzene ring substituents is 1. The van der Waals surface area contributed by atoms with Gasteiger partial charge in [-0.3, -0.25) is 10.1 Å². The van der Waals surface area contributed by atoms with Crippen LogP contribution < -0.4 is 4.74 Å². The number of nitro groups is 1. The average molecular weight is 277 g/mol. The highest BCUT2D eigenvalue weighted by atomic mass is 19.1. The third-order valence-electron chi connectivity index (χ3n) is 2.89. The third-order valence-corrected chi connectivity index (χ3v) is 2.89. The van der Waals surface area contributed by atoms with Crippen LogP contribution in [-0.4, -0.2) is 10.0 Å². The predicted molar refractivity (Wildman–Crippen MR) is 70.2 cm³/mol. The summed E-state index contributed by atoms with van der Waals surface area (Å²) in [5, 5.41) is 20.1. The molecule has 0 fully saturated rings. The zero-order chi connectivity index (χ0) is 14.7. The standard InChI is InChI=1S/C14H12FNO4/c1-9-13(7-6-12(17)14(9)15)20-8-10-4-2-3-5-11(10)16(18)19/h2-7,17H,8H2,1H3. The summed E-state index contributed by atoms with van der Waals surface area (Å²) < 4.78 is 18.9. The number of phenols is 1. The molecule has 0 aromatic heterocycles. The summed E-state index contributed by atoms with van der Waals surface area (Å²) >= 11 is 0. The minimum Gasteiger partial charge on any atom is -0.505 e. The van der Waals surface area contributed by atoms with E-state index in [4.69, 9.17) is 4.74 Å². The van der Waals surface area contributed by atoms with Crippen LogP contribution in [0.25, 0.3) is 0 Å². The van der Waals surface area contributed by atoms with Gasteiger partial charge < -0.3 is 9.84 Å². The Morgan fingerprint density at radius 2 is 2.00 bits per heavy atom. The lowest BCUT2D eigenvalue weighted by atomic mass is 10.2. The van der Waals surface area contributed by atoms with Crippen molar-refractivity contribution < 1.29 is 19.2 Å². The minimum absolute atomic E-state index is 0.0515. The Balaban J connectivity index is 2.22. The maximum absolute atomic E-state index is 13.5. The smallest absolute Gasteiger partial charge is 0.276 e. The highest BCUT2D eigenvalue weighted by Crippen LogP contribution is 2.28. The average Bonchev–Trinajstić information content (AvgIpc) is 2.44. The molecule has 0 spiro atoms. The van der Waals surface area contributed by atoms with E-state index in [0.717, 1.165) is 0 Å². The molecule has 0 saturated heterocycles. The van der Waals surface area contributed by atoms with Crippen molar-refractivity contribution in [2.75, 3.05) is 0 Å². The van der Waals surface area contributed by atoms with Crippen LogP contribution in [0, 0.1) is 22.9 Å². The predicted octanol–water partition coefficient (Wildman–Crippen LogP) is 3.33. The molecule has 0 amide bonds. The van der Waals surface area contributed by atoms with Gasteiger partial charge >= 0.3 is 0 Å². The highest BCUT2D eigenvalue weighted by molar-refractivity contribution is 5.42. The number of nitrogens with zero attached hydrogens (tertiary/aromatic N) is 1. The molecule has 0 aliphatic rings. The van der Waals surface area contributed by atoms with Crippen LogP contribution in [0.1, 0.15) is 11.1 Å². The molecule has 1 N–H and O–H groups in total. The summed E-state index contributed by atoms with van der Waals surface area (Å²) in [4.78, 5) is 10.4. The van der Waals surface area contributed by atoms with Crippen molar-refractivity contribution in [3.63, 3.8) is 0 Å². The summed E-state index contributed by atoms with van der Waals surface area (Å²) in [6.07, 6.45) is 0. The molecule has 0 unspecified atom stereocenters. The monoisotopic (exact) mass is 277 g/mol. The van der Waals surface area contributed by atoms with Crippen molar-refractivity contribution in [1.82, 2.24) is 0 Å². The van der Waals surface area contributed by atoms with Crippen LogP contribution in [0.3, 0.4) is 0 Å². The Labute approximate surface area is 114 Å². The summed E-state index contributed by atoms with van der Waals surface area (Å²) in [6.45, 7) is 1.41. The first-order valence-corrected chi connectivity index (χ1v) is 5.84. The van der Waals surface area contributed by atoms with Gasteiger partial charge in [0.25, 0.3) is 5.69 Å². The van der Waals surface area contributed by atoms with E-state index in [2.05, 4.69) is 0 Å². The molecule has 0 aliphatic carbocycles. The van der Waals surface area contributed by atoms with Gasteiger partial charge in [-0.05, 0) is 25.1 Å². The summed E-state index contributed by atoms with van der Waals surface area (Å²) in [7, 11) is 0. The Kier molecular flexibility index (Phi) is 3.84. The van der Waals surface area contributed by atoms with Gasteiger partial charge in [-0.1, -0.05) is 12.1 Å². The van der Waals surface area contributed by atoms with Gasteiger partial charge in [0, 0.05) is 11.6 Å². The van der Waals surface area contributed by atoms with E-state index in [0.29, 0.717) is 5.56 Å². The Morgan fingerprint density at radius 3 is 2.70 bits per heavy atom. The first-order valence-electron chi connectivity index (χ1n) is 5.84. The Bertz CT molecular complexity index is 658. The first kappa shape index (κ1) is 13.8. The third kappa shape index (κ3) is 2.69. The molecule has 6 heteroatoms.